The van der Waals surface area contributed by atoms with Crippen molar-refractivity contribution in [2.75, 3.05) is 0 Å². The third-order valence-electron chi connectivity index (χ3n) is 3.86. The second-order valence-corrected chi connectivity index (χ2v) is 6.85. The zero-order valence-corrected chi connectivity index (χ0v) is 13.7. The Balaban J connectivity index is 2.06. The van der Waals surface area contributed by atoms with E-state index in [0.717, 1.165) is 11.3 Å². The van der Waals surface area contributed by atoms with Gasteiger partial charge in [-0.3, -0.25) is 4.79 Å². The van der Waals surface area contributed by atoms with Crippen molar-refractivity contribution >= 4 is 17.7 Å². The van der Waals surface area contributed by atoms with Crippen LogP contribution in [0.15, 0.2) is 35.4 Å². The van der Waals surface area contributed by atoms with Crippen molar-refractivity contribution in [2.45, 2.75) is 46.2 Å². The molecule has 0 bridgehead atoms. The van der Waals surface area contributed by atoms with E-state index < -0.39 is 6.09 Å². The van der Waals surface area contributed by atoms with Gasteiger partial charge < -0.3 is 10.4 Å². The van der Waals surface area contributed by atoms with E-state index in [1.165, 1.54) is 5.01 Å². The first-order valence-corrected chi connectivity index (χ1v) is 7.66. The average Bonchev–Trinajstić information content (AvgIpc) is 2.78. The zero-order chi connectivity index (χ0) is 17.0. The quantitative estimate of drug-likeness (QED) is 0.876. The van der Waals surface area contributed by atoms with Crippen molar-refractivity contribution in [1.29, 1.82) is 0 Å². The summed E-state index contributed by atoms with van der Waals surface area (Å²) < 4.78 is 0. The first-order valence-electron chi connectivity index (χ1n) is 7.66. The van der Waals surface area contributed by atoms with Gasteiger partial charge in [0.2, 0.25) is 5.91 Å². The number of amides is 2. The predicted octanol–water partition coefficient (Wildman–Crippen LogP) is 2.85. The number of carbonyl (C=O) groups excluding carboxylic acids is 1. The minimum atomic E-state index is -1.06. The Morgan fingerprint density at radius 2 is 2.00 bits per heavy atom. The topological polar surface area (TPSA) is 82.0 Å². The number of nitrogens with zero attached hydrogens (tertiary/aromatic N) is 2. The number of carbonyl (C=O) groups is 2. The highest BCUT2D eigenvalue weighted by Gasteiger charge is 2.31. The lowest BCUT2D eigenvalue weighted by molar-refractivity contribution is -0.129. The second kappa shape index (κ2) is 6.81. The average molecular weight is 317 g/mol. The summed E-state index contributed by atoms with van der Waals surface area (Å²) in [5.41, 5.74) is 1.48. The van der Waals surface area contributed by atoms with E-state index in [1.807, 2.05) is 51.1 Å². The Morgan fingerprint density at radius 1 is 1.35 bits per heavy atom. The van der Waals surface area contributed by atoms with Gasteiger partial charge >= 0.3 is 6.09 Å². The van der Waals surface area contributed by atoms with E-state index in [1.54, 1.807) is 0 Å². The number of benzene rings is 1. The number of hydrazone groups is 1. The highest BCUT2D eigenvalue weighted by atomic mass is 16.4. The highest BCUT2D eigenvalue weighted by molar-refractivity contribution is 6.05. The lowest BCUT2D eigenvalue weighted by Crippen LogP contribution is -2.44. The summed E-state index contributed by atoms with van der Waals surface area (Å²) in [7, 11) is 0. The Bertz CT molecular complexity index is 605. The van der Waals surface area contributed by atoms with Gasteiger partial charge in [0.25, 0.3) is 0 Å². The van der Waals surface area contributed by atoms with Gasteiger partial charge in [-0.15, -0.1) is 0 Å². The molecule has 6 nitrogen and oxygen atoms in total. The summed E-state index contributed by atoms with van der Waals surface area (Å²) in [6, 6.07) is 9.38. The fraction of sp³-hybridized carbons (Fsp3) is 0.471. The maximum absolute atomic E-state index is 12.1. The maximum atomic E-state index is 12.1. The van der Waals surface area contributed by atoms with E-state index in [2.05, 4.69) is 10.4 Å². The van der Waals surface area contributed by atoms with Crippen molar-refractivity contribution in [3.8, 4) is 0 Å². The molecule has 1 aromatic rings. The molecule has 0 radical (unpaired) electrons. The summed E-state index contributed by atoms with van der Waals surface area (Å²) >= 11 is 0. The smallest absolute Gasteiger partial charge is 0.404 e. The molecule has 1 atom stereocenters. The lowest BCUT2D eigenvalue weighted by Gasteiger charge is -2.30. The molecule has 2 rings (SSSR count). The molecule has 124 valence electrons. The van der Waals surface area contributed by atoms with Gasteiger partial charge in [0.15, 0.2) is 0 Å². The summed E-state index contributed by atoms with van der Waals surface area (Å²) in [4.78, 5) is 23.1. The normalized spacial score (nSPS) is 16.2. The van der Waals surface area contributed by atoms with Crippen molar-refractivity contribution in [2.24, 2.45) is 10.5 Å². The SMILES string of the molecule is CC(C)(C)C(CC1=NN(Cc2ccccc2)C(=O)C1)NC(=O)O. The highest BCUT2D eigenvalue weighted by Crippen LogP contribution is 2.25. The van der Waals surface area contributed by atoms with Gasteiger partial charge in [0, 0.05) is 12.5 Å². The third-order valence-corrected chi connectivity index (χ3v) is 3.86. The molecule has 1 aliphatic heterocycles. The van der Waals surface area contributed by atoms with E-state index in [-0.39, 0.29) is 23.8 Å². The van der Waals surface area contributed by atoms with Gasteiger partial charge in [0.05, 0.1) is 18.7 Å². The first kappa shape index (κ1) is 17.0. The van der Waals surface area contributed by atoms with Crippen LogP contribution in [0.1, 0.15) is 39.2 Å². The van der Waals surface area contributed by atoms with Crippen LogP contribution in [0, 0.1) is 5.41 Å². The van der Waals surface area contributed by atoms with Crippen molar-refractivity contribution in [3.63, 3.8) is 0 Å². The first-order chi connectivity index (χ1) is 10.8. The Hall–Kier alpha value is -2.37. The van der Waals surface area contributed by atoms with Crippen LogP contribution in [0.25, 0.3) is 0 Å². The van der Waals surface area contributed by atoms with Crippen LogP contribution in [0.5, 0.6) is 0 Å². The monoisotopic (exact) mass is 317 g/mol. The molecule has 1 aromatic carbocycles. The third kappa shape index (κ3) is 4.81. The van der Waals surface area contributed by atoms with E-state index in [9.17, 15) is 9.59 Å². The number of rotatable bonds is 5. The van der Waals surface area contributed by atoms with E-state index in [4.69, 9.17) is 5.11 Å². The molecule has 0 saturated carbocycles. The fourth-order valence-electron chi connectivity index (χ4n) is 2.48. The van der Waals surface area contributed by atoms with Crippen LogP contribution >= 0.6 is 0 Å². The van der Waals surface area contributed by atoms with E-state index >= 15 is 0 Å². The molecule has 0 fully saturated rings. The van der Waals surface area contributed by atoms with Crippen LogP contribution in [0.3, 0.4) is 0 Å². The van der Waals surface area contributed by atoms with Gasteiger partial charge in [-0.05, 0) is 11.0 Å². The standard InChI is InChI=1S/C17H23N3O3/c1-17(2,3)14(18-16(22)23)9-13-10-15(21)20(19-13)11-12-7-5-4-6-8-12/h4-8,14,18H,9-11H2,1-3H3,(H,22,23). The molecule has 1 unspecified atom stereocenters. The molecule has 0 aromatic heterocycles. The molecule has 2 amide bonds. The molecular formula is C17H23N3O3. The van der Waals surface area contributed by atoms with Crippen LogP contribution < -0.4 is 5.32 Å². The largest absolute Gasteiger partial charge is 0.465 e. The fourth-order valence-corrected chi connectivity index (χ4v) is 2.48. The molecule has 6 heteroatoms. The Kier molecular flexibility index (Phi) is 5.03. The summed E-state index contributed by atoms with van der Waals surface area (Å²) in [5.74, 6) is -0.0492. The van der Waals surface area contributed by atoms with Crippen molar-refractivity contribution < 1.29 is 14.7 Å². The number of nitrogens with one attached hydrogen (secondary N) is 1. The van der Waals surface area contributed by atoms with Crippen molar-refractivity contribution in [3.05, 3.63) is 35.9 Å². The van der Waals surface area contributed by atoms with Gasteiger partial charge in [-0.1, -0.05) is 51.1 Å². The minimum absolute atomic E-state index is 0.0492. The van der Waals surface area contributed by atoms with Crippen LogP contribution in [-0.2, 0) is 11.3 Å². The zero-order valence-electron chi connectivity index (χ0n) is 13.7. The van der Waals surface area contributed by atoms with Gasteiger partial charge in [-0.25, -0.2) is 9.80 Å². The van der Waals surface area contributed by atoms with Crippen LogP contribution in [-0.4, -0.2) is 33.9 Å². The lowest BCUT2D eigenvalue weighted by atomic mass is 9.83. The maximum Gasteiger partial charge on any atom is 0.404 e. The van der Waals surface area contributed by atoms with Gasteiger partial charge in [-0.2, -0.15) is 5.10 Å². The summed E-state index contributed by atoms with van der Waals surface area (Å²) in [6.07, 6.45) is -0.371. The Labute approximate surface area is 136 Å². The molecule has 0 saturated heterocycles. The molecule has 0 aliphatic carbocycles. The molecule has 1 aliphatic rings. The molecule has 23 heavy (non-hydrogen) atoms. The minimum Gasteiger partial charge on any atom is -0.465 e. The summed E-state index contributed by atoms with van der Waals surface area (Å²) in [5, 5.41) is 17.4. The van der Waals surface area contributed by atoms with Crippen molar-refractivity contribution in [1.82, 2.24) is 10.3 Å². The second-order valence-electron chi connectivity index (χ2n) is 6.85. The summed E-state index contributed by atoms with van der Waals surface area (Å²) in [6.45, 7) is 6.34. The number of hydrogen-bond acceptors (Lipinski definition) is 3. The van der Waals surface area contributed by atoms with Crippen LogP contribution in [0.4, 0.5) is 4.79 Å². The van der Waals surface area contributed by atoms with E-state index in [0.29, 0.717) is 13.0 Å². The number of hydrogen-bond donors (Lipinski definition) is 2. The number of carboxylic acid groups (broad SMARTS) is 1. The molecule has 2 N–H and O–H groups in total. The molecular weight excluding hydrogens is 294 g/mol. The molecule has 1 heterocycles. The van der Waals surface area contributed by atoms with Crippen LogP contribution in [0.2, 0.25) is 0 Å². The molecule has 0 spiro atoms. The predicted molar refractivity (Wildman–Crippen MR) is 88.1 cm³/mol. The Morgan fingerprint density at radius 3 is 2.57 bits per heavy atom. The van der Waals surface area contributed by atoms with Gasteiger partial charge in [0.1, 0.15) is 0 Å².